The third-order valence-electron chi connectivity index (χ3n) is 3.84. The molecule has 3 nitrogen and oxygen atoms in total. The molecule has 3 aromatic rings. The first-order chi connectivity index (χ1) is 9.93. The molecule has 0 radical (unpaired) electrons. The maximum Gasteiger partial charge on any atom is 0.141 e. The van der Waals surface area contributed by atoms with Crippen molar-refractivity contribution in [2.24, 2.45) is 0 Å². The number of fused-ring (bicyclic) bond motifs is 1. The Kier molecular flexibility index (Phi) is 2.89. The zero-order chi connectivity index (χ0) is 13.4. The predicted octanol–water partition coefficient (Wildman–Crippen LogP) is 3.96. The van der Waals surface area contributed by atoms with E-state index < -0.39 is 0 Å². The van der Waals surface area contributed by atoms with Crippen LogP contribution in [0.1, 0.15) is 12.8 Å². The summed E-state index contributed by atoms with van der Waals surface area (Å²) >= 11 is 1.70. The number of hydrogen-bond donors (Lipinski definition) is 0. The summed E-state index contributed by atoms with van der Waals surface area (Å²) in [6.45, 7) is 2.21. The molecular weight excluding hydrogens is 266 g/mol. The number of anilines is 1. The normalized spacial score (nSPS) is 15.1. The van der Waals surface area contributed by atoms with E-state index >= 15 is 0 Å². The zero-order valence-electron chi connectivity index (χ0n) is 11.1. The Morgan fingerprint density at radius 2 is 1.80 bits per heavy atom. The molecule has 20 heavy (non-hydrogen) atoms. The van der Waals surface area contributed by atoms with E-state index in [-0.39, 0.29) is 0 Å². The van der Waals surface area contributed by atoms with Crippen molar-refractivity contribution in [3.8, 4) is 11.1 Å². The van der Waals surface area contributed by atoms with Crippen molar-refractivity contribution in [2.45, 2.75) is 12.8 Å². The van der Waals surface area contributed by atoms with Gasteiger partial charge in [0.1, 0.15) is 17.0 Å². The smallest absolute Gasteiger partial charge is 0.141 e. The highest BCUT2D eigenvalue weighted by Gasteiger charge is 2.20. The van der Waals surface area contributed by atoms with Crippen molar-refractivity contribution < 1.29 is 0 Å². The van der Waals surface area contributed by atoms with Crippen molar-refractivity contribution in [3.05, 3.63) is 42.0 Å². The molecule has 0 unspecified atom stereocenters. The molecule has 1 fully saturated rings. The maximum atomic E-state index is 4.57. The van der Waals surface area contributed by atoms with Crippen LogP contribution in [0.4, 0.5) is 5.82 Å². The van der Waals surface area contributed by atoms with Crippen molar-refractivity contribution in [2.75, 3.05) is 18.0 Å². The summed E-state index contributed by atoms with van der Waals surface area (Å²) in [5, 5.41) is 3.42. The molecule has 0 N–H and O–H groups in total. The van der Waals surface area contributed by atoms with E-state index in [9.17, 15) is 0 Å². The lowest BCUT2D eigenvalue weighted by Crippen LogP contribution is -2.19. The van der Waals surface area contributed by atoms with Gasteiger partial charge in [-0.3, -0.25) is 0 Å². The number of hydrogen-bond acceptors (Lipinski definition) is 4. The molecule has 1 aliphatic rings. The van der Waals surface area contributed by atoms with Crippen LogP contribution in [0.5, 0.6) is 0 Å². The van der Waals surface area contributed by atoms with E-state index in [1.807, 2.05) is 0 Å². The van der Waals surface area contributed by atoms with Crippen LogP contribution in [0.25, 0.3) is 21.3 Å². The highest BCUT2D eigenvalue weighted by Crippen LogP contribution is 2.38. The largest absolute Gasteiger partial charge is 0.356 e. The van der Waals surface area contributed by atoms with Gasteiger partial charge < -0.3 is 4.90 Å². The fourth-order valence-corrected chi connectivity index (χ4v) is 3.77. The van der Waals surface area contributed by atoms with E-state index in [4.69, 9.17) is 0 Å². The standard InChI is InChI=1S/C16H15N3S/c1-2-6-12(7-3-1)13-10-20-16-14(13)15(17-11-18-16)19-8-4-5-9-19/h1-3,6-7,10-11H,4-5,8-9H2. The van der Waals surface area contributed by atoms with Crippen molar-refractivity contribution in [1.82, 2.24) is 9.97 Å². The molecule has 3 heterocycles. The fourth-order valence-electron chi connectivity index (χ4n) is 2.86. The highest BCUT2D eigenvalue weighted by molar-refractivity contribution is 7.17. The second-order valence-corrected chi connectivity index (χ2v) is 5.95. The van der Waals surface area contributed by atoms with E-state index in [1.165, 1.54) is 29.4 Å². The van der Waals surface area contributed by atoms with Crippen LogP contribution in [-0.2, 0) is 0 Å². The third kappa shape index (κ3) is 1.88. The maximum absolute atomic E-state index is 4.57. The van der Waals surface area contributed by atoms with Crippen LogP contribution in [0.2, 0.25) is 0 Å². The Morgan fingerprint density at radius 3 is 2.60 bits per heavy atom. The topological polar surface area (TPSA) is 29.0 Å². The van der Waals surface area contributed by atoms with Crippen molar-refractivity contribution >= 4 is 27.4 Å². The van der Waals surface area contributed by atoms with Crippen LogP contribution < -0.4 is 4.90 Å². The molecule has 0 aliphatic carbocycles. The summed E-state index contributed by atoms with van der Waals surface area (Å²) in [5.74, 6) is 1.10. The van der Waals surface area contributed by atoms with Gasteiger partial charge in [-0.15, -0.1) is 11.3 Å². The van der Waals surface area contributed by atoms with Gasteiger partial charge in [-0.05, 0) is 18.4 Å². The van der Waals surface area contributed by atoms with Gasteiger partial charge in [0.05, 0.1) is 5.39 Å². The molecule has 4 heteroatoms. The second kappa shape index (κ2) is 4.87. The van der Waals surface area contributed by atoms with Crippen LogP contribution in [0.3, 0.4) is 0 Å². The molecule has 0 spiro atoms. The molecule has 4 rings (SSSR count). The van der Waals surface area contributed by atoms with E-state index in [1.54, 1.807) is 17.7 Å². The van der Waals surface area contributed by atoms with E-state index in [0.29, 0.717) is 0 Å². The van der Waals surface area contributed by atoms with Gasteiger partial charge in [0.25, 0.3) is 0 Å². The second-order valence-electron chi connectivity index (χ2n) is 5.09. The lowest BCUT2D eigenvalue weighted by Gasteiger charge is -2.17. The quantitative estimate of drug-likeness (QED) is 0.712. The van der Waals surface area contributed by atoms with E-state index in [0.717, 1.165) is 23.7 Å². The summed E-state index contributed by atoms with van der Waals surface area (Å²) < 4.78 is 0. The number of thiophene rings is 1. The first-order valence-corrected chi connectivity index (χ1v) is 7.84. The SMILES string of the molecule is c1ccc(-c2csc3ncnc(N4CCCC4)c23)cc1. The molecule has 1 aliphatic heterocycles. The van der Waals surface area contributed by atoms with Gasteiger partial charge in [-0.25, -0.2) is 9.97 Å². The Morgan fingerprint density at radius 1 is 1.00 bits per heavy atom. The summed E-state index contributed by atoms with van der Waals surface area (Å²) in [6.07, 6.45) is 4.22. The van der Waals surface area contributed by atoms with Gasteiger partial charge in [0, 0.05) is 24.0 Å². The summed E-state index contributed by atoms with van der Waals surface area (Å²) in [5.41, 5.74) is 2.50. The van der Waals surface area contributed by atoms with Gasteiger partial charge in [-0.1, -0.05) is 30.3 Å². The molecule has 100 valence electrons. The molecular formula is C16H15N3S. The Balaban J connectivity index is 1.94. The minimum atomic E-state index is 1.08. The van der Waals surface area contributed by atoms with Crippen molar-refractivity contribution in [1.29, 1.82) is 0 Å². The minimum absolute atomic E-state index is 1.08. The fraction of sp³-hybridized carbons (Fsp3) is 0.250. The van der Waals surface area contributed by atoms with Crippen LogP contribution in [-0.4, -0.2) is 23.1 Å². The van der Waals surface area contributed by atoms with Crippen LogP contribution in [0, 0.1) is 0 Å². The molecule has 0 amide bonds. The van der Waals surface area contributed by atoms with Gasteiger partial charge in [0.15, 0.2) is 0 Å². The average Bonchev–Trinajstić information content (AvgIpc) is 3.17. The molecule has 1 aromatic carbocycles. The first kappa shape index (κ1) is 11.9. The Labute approximate surface area is 121 Å². The predicted molar refractivity (Wildman–Crippen MR) is 84.3 cm³/mol. The lowest BCUT2D eigenvalue weighted by molar-refractivity contribution is 0.940. The van der Waals surface area contributed by atoms with Crippen molar-refractivity contribution in [3.63, 3.8) is 0 Å². The average molecular weight is 281 g/mol. The lowest BCUT2D eigenvalue weighted by atomic mass is 10.1. The summed E-state index contributed by atoms with van der Waals surface area (Å²) in [6, 6.07) is 10.5. The van der Waals surface area contributed by atoms with Gasteiger partial charge in [-0.2, -0.15) is 0 Å². The summed E-state index contributed by atoms with van der Waals surface area (Å²) in [7, 11) is 0. The molecule has 1 saturated heterocycles. The molecule has 0 atom stereocenters. The zero-order valence-corrected chi connectivity index (χ0v) is 11.9. The third-order valence-corrected chi connectivity index (χ3v) is 4.73. The number of benzene rings is 1. The first-order valence-electron chi connectivity index (χ1n) is 6.96. The summed E-state index contributed by atoms with van der Waals surface area (Å²) in [4.78, 5) is 12.5. The highest BCUT2D eigenvalue weighted by atomic mass is 32.1. The Hall–Kier alpha value is -1.94. The van der Waals surface area contributed by atoms with Gasteiger partial charge >= 0.3 is 0 Å². The number of rotatable bonds is 2. The van der Waals surface area contributed by atoms with Crippen LogP contribution in [0.15, 0.2) is 42.0 Å². The van der Waals surface area contributed by atoms with E-state index in [2.05, 4.69) is 50.6 Å². The van der Waals surface area contributed by atoms with Gasteiger partial charge in [0.2, 0.25) is 0 Å². The minimum Gasteiger partial charge on any atom is -0.356 e. The molecule has 0 bridgehead atoms. The number of aromatic nitrogens is 2. The molecule has 0 saturated carbocycles. The van der Waals surface area contributed by atoms with Crippen LogP contribution >= 0.6 is 11.3 Å². The Bertz CT molecular complexity index is 730. The monoisotopic (exact) mass is 281 g/mol. The number of nitrogens with zero attached hydrogens (tertiary/aromatic N) is 3. The molecule has 2 aromatic heterocycles.